The molecule has 0 aliphatic carbocycles. The normalized spacial score (nSPS) is 10.2. The lowest BCUT2D eigenvalue weighted by atomic mass is 9.94. The molecule has 2 aromatic rings. The van der Waals surface area contributed by atoms with Crippen molar-refractivity contribution in [2.45, 2.75) is 20.8 Å². The number of nitrogens with zero attached hydrogens (tertiary/aromatic N) is 1. The second-order valence-electron chi connectivity index (χ2n) is 4.96. The van der Waals surface area contributed by atoms with Gasteiger partial charge in [0, 0.05) is 6.92 Å². The monoisotopic (exact) mass is 267 g/mol. The van der Waals surface area contributed by atoms with E-state index in [9.17, 15) is 10.1 Å². The molecule has 0 aromatic heterocycles. The molecule has 0 bridgehead atoms. The van der Waals surface area contributed by atoms with Gasteiger partial charge in [-0.3, -0.25) is 10.1 Å². The van der Waals surface area contributed by atoms with Crippen LogP contribution in [0.5, 0.6) is 0 Å². The Morgan fingerprint density at radius 2 is 1.40 bits per heavy atom. The zero-order valence-corrected chi connectivity index (χ0v) is 11.9. The molecule has 0 amide bonds. The first-order chi connectivity index (χ1) is 9.49. The molecule has 0 atom stereocenters. The van der Waals surface area contributed by atoms with E-state index in [1.165, 1.54) is 0 Å². The van der Waals surface area contributed by atoms with Gasteiger partial charge in [-0.05, 0) is 25.0 Å². The highest BCUT2D eigenvalue weighted by molar-refractivity contribution is 5.81. The fraction of sp³-hybridized carbons (Fsp3) is 0.176. The molecule has 0 saturated carbocycles. The Labute approximate surface area is 118 Å². The van der Waals surface area contributed by atoms with Crippen molar-refractivity contribution in [2.24, 2.45) is 0 Å². The molecule has 0 heterocycles. The summed E-state index contributed by atoms with van der Waals surface area (Å²) in [5.41, 5.74) is 4.78. The van der Waals surface area contributed by atoms with E-state index in [0.717, 1.165) is 22.3 Å². The van der Waals surface area contributed by atoms with Crippen LogP contribution in [0, 0.1) is 24.0 Å². The summed E-state index contributed by atoms with van der Waals surface area (Å²) in [5.74, 6) is 0. The van der Waals surface area contributed by atoms with E-state index in [0.29, 0.717) is 5.57 Å². The van der Waals surface area contributed by atoms with Gasteiger partial charge in [-0.15, -0.1) is 0 Å². The fourth-order valence-electron chi connectivity index (χ4n) is 2.28. The Morgan fingerprint density at radius 3 is 1.75 bits per heavy atom. The average molecular weight is 267 g/mol. The van der Waals surface area contributed by atoms with E-state index >= 15 is 0 Å². The Morgan fingerprint density at radius 1 is 0.950 bits per heavy atom. The maximum Gasteiger partial charge on any atom is 0.251 e. The smallest absolute Gasteiger partial charge is 0.251 e. The van der Waals surface area contributed by atoms with Crippen molar-refractivity contribution in [2.75, 3.05) is 0 Å². The molecule has 0 radical (unpaired) electrons. The first-order valence-corrected chi connectivity index (χ1v) is 6.48. The molecule has 3 nitrogen and oxygen atoms in total. The first-order valence-electron chi connectivity index (χ1n) is 6.48. The Balaban J connectivity index is 2.69. The van der Waals surface area contributed by atoms with Gasteiger partial charge in [0.05, 0.1) is 10.5 Å². The van der Waals surface area contributed by atoms with Crippen LogP contribution in [0.25, 0.3) is 5.57 Å². The largest absolute Gasteiger partial charge is 0.259 e. The molecule has 20 heavy (non-hydrogen) atoms. The molecule has 0 spiro atoms. The topological polar surface area (TPSA) is 43.1 Å². The second kappa shape index (κ2) is 5.70. The van der Waals surface area contributed by atoms with Crippen LogP contribution in [0.1, 0.15) is 29.2 Å². The summed E-state index contributed by atoms with van der Waals surface area (Å²) in [6.07, 6.45) is 0. The molecule has 0 aliphatic rings. The van der Waals surface area contributed by atoms with Crippen molar-refractivity contribution < 1.29 is 4.92 Å². The minimum absolute atomic E-state index is 0.168. The average Bonchev–Trinajstić information content (AvgIpc) is 2.39. The third-order valence-corrected chi connectivity index (χ3v) is 3.25. The summed E-state index contributed by atoms with van der Waals surface area (Å²) in [6.45, 7) is 5.53. The Hall–Kier alpha value is -2.42. The number of hydrogen-bond acceptors (Lipinski definition) is 2. The molecule has 0 unspecified atom stereocenters. The molecular formula is C17H17NO2. The van der Waals surface area contributed by atoms with Crippen LogP contribution in [0.4, 0.5) is 0 Å². The van der Waals surface area contributed by atoms with Crippen LogP contribution in [-0.2, 0) is 0 Å². The van der Waals surface area contributed by atoms with E-state index in [-0.39, 0.29) is 10.6 Å². The molecule has 0 aliphatic heterocycles. The summed E-state index contributed by atoms with van der Waals surface area (Å²) in [5, 5.41) is 11.2. The first kappa shape index (κ1) is 14.0. The molecular weight excluding hydrogens is 250 g/mol. The van der Waals surface area contributed by atoms with Crippen LogP contribution in [0.15, 0.2) is 54.2 Å². The lowest BCUT2D eigenvalue weighted by Gasteiger charge is -2.10. The minimum Gasteiger partial charge on any atom is -0.259 e. The van der Waals surface area contributed by atoms with E-state index < -0.39 is 0 Å². The SMILES string of the molecule is CC(=C(c1cccc(C)c1)c1cccc(C)c1)[N+](=O)[O-]. The third kappa shape index (κ3) is 2.94. The van der Waals surface area contributed by atoms with Crippen molar-refractivity contribution in [3.63, 3.8) is 0 Å². The Kier molecular flexibility index (Phi) is 3.99. The summed E-state index contributed by atoms with van der Waals surface area (Å²) < 4.78 is 0. The molecule has 3 heteroatoms. The predicted octanol–water partition coefficient (Wildman–Crippen LogP) is 4.36. The number of benzene rings is 2. The third-order valence-electron chi connectivity index (χ3n) is 3.25. The molecule has 0 N–H and O–H groups in total. The maximum atomic E-state index is 11.2. The minimum atomic E-state index is -0.319. The number of hydrogen-bond donors (Lipinski definition) is 0. The van der Waals surface area contributed by atoms with Gasteiger partial charge in [-0.25, -0.2) is 0 Å². The van der Waals surface area contributed by atoms with E-state index in [4.69, 9.17) is 0 Å². The van der Waals surface area contributed by atoms with Gasteiger partial charge < -0.3 is 0 Å². The van der Waals surface area contributed by atoms with Crippen LogP contribution >= 0.6 is 0 Å². The van der Waals surface area contributed by atoms with Gasteiger partial charge >= 0.3 is 0 Å². The van der Waals surface area contributed by atoms with Crippen LogP contribution in [0.3, 0.4) is 0 Å². The zero-order valence-electron chi connectivity index (χ0n) is 11.9. The van der Waals surface area contributed by atoms with Crippen molar-refractivity contribution in [3.8, 4) is 0 Å². The zero-order chi connectivity index (χ0) is 14.7. The number of aryl methyl sites for hydroxylation is 2. The second-order valence-corrected chi connectivity index (χ2v) is 4.96. The standard InChI is InChI=1S/C17H17NO2/c1-12-6-4-8-15(10-12)17(14(3)18(19)20)16-9-5-7-13(2)11-16/h4-11H,1-3H3. The summed E-state index contributed by atoms with van der Waals surface area (Å²) in [6, 6.07) is 15.6. The highest BCUT2D eigenvalue weighted by atomic mass is 16.6. The van der Waals surface area contributed by atoms with Gasteiger partial charge in [-0.1, -0.05) is 59.7 Å². The lowest BCUT2D eigenvalue weighted by Crippen LogP contribution is -2.01. The molecule has 2 aromatic carbocycles. The quantitative estimate of drug-likeness (QED) is 0.612. The summed E-state index contributed by atoms with van der Waals surface area (Å²) in [4.78, 5) is 10.9. The van der Waals surface area contributed by atoms with E-state index in [1.54, 1.807) is 6.92 Å². The highest BCUT2D eigenvalue weighted by Crippen LogP contribution is 2.28. The van der Waals surface area contributed by atoms with E-state index in [2.05, 4.69) is 0 Å². The number of allylic oxidation sites excluding steroid dienone is 1. The highest BCUT2D eigenvalue weighted by Gasteiger charge is 2.17. The van der Waals surface area contributed by atoms with Crippen LogP contribution in [-0.4, -0.2) is 4.92 Å². The molecule has 0 saturated heterocycles. The van der Waals surface area contributed by atoms with Gasteiger partial charge in [0.15, 0.2) is 0 Å². The summed E-state index contributed by atoms with van der Waals surface area (Å²) >= 11 is 0. The molecule has 2 rings (SSSR count). The van der Waals surface area contributed by atoms with Crippen LogP contribution < -0.4 is 0 Å². The van der Waals surface area contributed by atoms with Crippen LogP contribution in [0.2, 0.25) is 0 Å². The van der Waals surface area contributed by atoms with E-state index in [1.807, 2.05) is 62.4 Å². The molecule has 102 valence electrons. The van der Waals surface area contributed by atoms with Crippen molar-refractivity contribution in [1.29, 1.82) is 0 Å². The van der Waals surface area contributed by atoms with Gasteiger partial charge in [0.2, 0.25) is 0 Å². The number of rotatable bonds is 3. The van der Waals surface area contributed by atoms with Gasteiger partial charge in [0.25, 0.3) is 5.70 Å². The van der Waals surface area contributed by atoms with Gasteiger partial charge in [-0.2, -0.15) is 0 Å². The summed E-state index contributed by atoms with van der Waals surface area (Å²) in [7, 11) is 0. The lowest BCUT2D eigenvalue weighted by molar-refractivity contribution is -0.423. The molecule has 0 fully saturated rings. The maximum absolute atomic E-state index is 11.2. The fourth-order valence-corrected chi connectivity index (χ4v) is 2.28. The predicted molar refractivity (Wildman–Crippen MR) is 81.0 cm³/mol. The van der Waals surface area contributed by atoms with Crippen molar-refractivity contribution >= 4 is 5.57 Å². The van der Waals surface area contributed by atoms with Crippen molar-refractivity contribution in [3.05, 3.63) is 86.6 Å². The Bertz CT molecular complexity index is 639. The number of nitro groups is 1. The van der Waals surface area contributed by atoms with Gasteiger partial charge in [0.1, 0.15) is 0 Å². The van der Waals surface area contributed by atoms with Crippen molar-refractivity contribution in [1.82, 2.24) is 0 Å².